The molecule has 2 heterocycles. The Kier molecular flexibility index (Phi) is 5.14. The summed E-state index contributed by atoms with van der Waals surface area (Å²) in [4.78, 5) is 20.2. The van der Waals surface area contributed by atoms with Crippen molar-refractivity contribution in [2.45, 2.75) is 13.1 Å². The molecule has 138 valence electrons. The van der Waals surface area contributed by atoms with Gasteiger partial charge >= 0.3 is 6.18 Å². The van der Waals surface area contributed by atoms with E-state index in [1.165, 1.54) is 0 Å². The molecule has 0 fully saturated rings. The Morgan fingerprint density at radius 3 is 2.37 bits per heavy atom. The molecule has 1 N–H and O–H groups in total. The molecule has 0 spiro atoms. The Morgan fingerprint density at radius 1 is 1.07 bits per heavy atom. The van der Waals surface area contributed by atoms with Crippen LogP contribution in [0.1, 0.15) is 21.5 Å². The first-order valence-corrected chi connectivity index (χ1v) is 8.19. The highest BCUT2D eigenvalue weighted by molar-refractivity contribution is 6.33. The maximum absolute atomic E-state index is 12.6. The highest BCUT2D eigenvalue weighted by Gasteiger charge is 2.31. The molecule has 27 heavy (non-hydrogen) atoms. The molecule has 0 atom stereocenters. The van der Waals surface area contributed by atoms with Crippen LogP contribution in [0.4, 0.5) is 19.0 Å². The normalized spacial score (nSPS) is 11.3. The number of halogens is 4. The minimum atomic E-state index is -4.56. The summed E-state index contributed by atoms with van der Waals surface area (Å²) in [6.45, 7) is 1.95. The fourth-order valence-electron chi connectivity index (χ4n) is 2.35. The van der Waals surface area contributed by atoms with E-state index in [0.717, 1.165) is 22.9 Å². The lowest BCUT2D eigenvalue weighted by Crippen LogP contribution is -2.14. The van der Waals surface area contributed by atoms with E-state index in [1.54, 1.807) is 30.5 Å². The van der Waals surface area contributed by atoms with Crippen LogP contribution in [0, 0.1) is 6.92 Å². The average Bonchev–Trinajstić information content (AvgIpc) is 2.62. The van der Waals surface area contributed by atoms with Crippen molar-refractivity contribution in [3.63, 3.8) is 0 Å². The lowest BCUT2D eigenvalue weighted by atomic mass is 10.1. The standard InChI is InChI=1S/C19H13ClF3N3O/c1-11-6-7-24-16(8-11)12-2-4-13(5-3-12)18(27)26-17-15(20)9-14(10-25-17)19(21,22)23/h2-10H,1H3,(H,25,26,27). The molecule has 3 rings (SSSR count). The lowest BCUT2D eigenvalue weighted by molar-refractivity contribution is -0.137. The van der Waals surface area contributed by atoms with Crippen LogP contribution >= 0.6 is 11.6 Å². The number of nitrogens with zero attached hydrogens (tertiary/aromatic N) is 2. The molecule has 1 amide bonds. The zero-order valence-corrected chi connectivity index (χ0v) is 14.8. The van der Waals surface area contributed by atoms with E-state index in [1.807, 2.05) is 19.1 Å². The molecule has 8 heteroatoms. The van der Waals surface area contributed by atoms with E-state index >= 15 is 0 Å². The van der Waals surface area contributed by atoms with E-state index in [4.69, 9.17) is 11.6 Å². The van der Waals surface area contributed by atoms with Crippen molar-refractivity contribution in [3.05, 3.63) is 76.6 Å². The monoisotopic (exact) mass is 391 g/mol. The molecule has 0 aliphatic rings. The molecule has 0 unspecified atom stereocenters. The first-order chi connectivity index (χ1) is 12.7. The second-order valence-electron chi connectivity index (χ2n) is 5.80. The summed E-state index contributed by atoms with van der Waals surface area (Å²) in [5.74, 6) is -0.674. The number of aryl methyl sites for hydroxylation is 1. The summed E-state index contributed by atoms with van der Waals surface area (Å²) in [5, 5.41) is 2.12. The Morgan fingerprint density at radius 2 is 1.78 bits per heavy atom. The molecule has 0 saturated heterocycles. The smallest absolute Gasteiger partial charge is 0.305 e. The molecule has 4 nitrogen and oxygen atoms in total. The number of alkyl halides is 3. The van der Waals surface area contributed by atoms with Crippen molar-refractivity contribution in [1.82, 2.24) is 9.97 Å². The van der Waals surface area contributed by atoms with Gasteiger partial charge in [-0.15, -0.1) is 0 Å². The molecule has 2 aromatic heterocycles. The van der Waals surface area contributed by atoms with Gasteiger partial charge in [0, 0.05) is 23.5 Å². The van der Waals surface area contributed by atoms with E-state index in [-0.39, 0.29) is 10.8 Å². The summed E-state index contributed by atoms with van der Waals surface area (Å²) in [6, 6.07) is 11.2. The molecule has 0 bridgehead atoms. The first kappa shape index (κ1) is 18.8. The highest BCUT2D eigenvalue weighted by Crippen LogP contribution is 2.32. The zero-order chi connectivity index (χ0) is 19.6. The second kappa shape index (κ2) is 7.36. The molecule has 0 saturated carbocycles. The third-order valence-corrected chi connectivity index (χ3v) is 4.05. The van der Waals surface area contributed by atoms with E-state index in [2.05, 4.69) is 15.3 Å². The Bertz CT molecular complexity index is 988. The molecule has 1 aromatic carbocycles. The number of rotatable bonds is 3. The predicted molar refractivity (Wildman–Crippen MR) is 96.6 cm³/mol. The van der Waals surface area contributed by atoms with Crippen LogP contribution in [0.5, 0.6) is 0 Å². The van der Waals surface area contributed by atoms with Gasteiger partial charge in [0.2, 0.25) is 0 Å². The molecule has 0 radical (unpaired) electrons. The Hall–Kier alpha value is -2.93. The lowest BCUT2D eigenvalue weighted by Gasteiger charge is -2.10. The highest BCUT2D eigenvalue weighted by atomic mass is 35.5. The van der Waals surface area contributed by atoms with Crippen molar-refractivity contribution in [2.24, 2.45) is 0 Å². The van der Waals surface area contributed by atoms with Crippen LogP contribution in [0.2, 0.25) is 5.02 Å². The number of pyridine rings is 2. The summed E-state index contributed by atoms with van der Waals surface area (Å²) in [6.07, 6.45) is -2.24. The average molecular weight is 392 g/mol. The summed E-state index contributed by atoms with van der Waals surface area (Å²) < 4.78 is 37.9. The summed E-state index contributed by atoms with van der Waals surface area (Å²) >= 11 is 5.80. The number of benzene rings is 1. The van der Waals surface area contributed by atoms with Crippen molar-refractivity contribution < 1.29 is 18.0 Å². The van der Waals surface area contributed by atoms with Gasteiger partial charge in [0.05, 0.1) is 16.3 Å². The third kappa shape index (κ3) is 4.43. The van der Waals surface area contributed by atoms with Crippen LogP contribution in [0.15, 0.2) is 54.9 Å². The topological polar surface area (TPSA) is 54.9 Å². The molecular weight excluding hydrogens is 379 g/mol. The van der Waals surface area contributed by atoms with Gasteiger partial charge in [-0.2, -0.15) is 13.2 Å². The fraction of sp³-hybridized carbons (Fsp3) is 0.105. The largest absolute Gasteiger partial charge is 0.417 e. The van der Waals surface area contributed by atoms with Gasteiger partial charge in [-0.05, 0) is 42.8 Å². The van der Waals surface area contributed by atoms with Crippen molar-refractivity contribution in [3.8, 4) is 11.3 Å². The minimum Gasteiger partial charge on any atom is -0.305 e. The number of hydrogen-bond donors (Lipinski definition) is 1. The van der Waals surface area contributed by atoms with Crippen LogP contribution in [0.3, 0.4) is 0 Å². The Balaban J connectivity index is 1.77. The van der Waals surface area contributed by atoms with Gasteiger partial charge in [-0.25, -0.2) is 4.98 Å². The van der Waals surface area contributed by atoms with Gasteiger partial charge in [0.1, 0.15) is 0 Å². The SMILES string of the molecule is Cc1ccnc(-c2ccc(C(=O)Nc3ncc(C(F)(F)F)cc3Cl)cc2)c1. The van der Waals surface area contributed by atoms with Crippen LogP contribution in [-0.2, 0) is 6.18 Å². The van der Waals surface area contributed by atoms with Crippen molar-refractivity contribution >= 4 is 23.3 Å². The quantitative estimate of drug-likeness (QED) is 0.652. The number of nitrogens with one attached hydrogen (secondary N) is 1. The molecule has 0 aliphatic heterocycles. The van der Waals surface area contributed by atoms with Crippen LogP contribution in [0.25, 0.3) is 11.3 Å². The van der Waals surface area contributed by atoms with Gasteiger partial charge in [0.25, 0.3) is 5.91 Å². The summed E-state index contributed by atoms with van der Waals surface area (Å²) in [5.41, 5.74) is 1.99. The van der Waals surface area contributed by atoms with Gasteiger partial charge in [-0.3, -0.25) is 9.78 Å². The van der Waals surface area contributed by atoms with Gasteiger partial charge in [-0.1, -0.05) is 23.7 Å². The maximum atomic E-state index is 12.6. The number of amides is 1. The van der Waals surface area contributed by atoms with E-state index < -0.39 is 17.6 Å². The predicted octanol–water partition coefficient (Wildman–Crippen LogP) is 5.38. The van der Waals surface area contributed by atoms with Crippen LogP contribution in [-0.4, -0.2) is 15.9 Å². The number of aromatic nitrogens is 2. The molecule has 0 aliphatic carbocycles. The van der Waals surface area contributed by atoms with E-state index in [0.29, 0.717) is 11.8 Å². The number of anilines is 1. The van der Waals surface area contributed by atoms with Crippen molar-refractivity contribution in [1.29, 1.82) is 0 Å². The minimum absolute atomic E-state index is 0.140. The third-order valence-electron chi connectivity index (χ3n) is 3.76. The molecule has 3 aromatic rings. The zero-order valence-electron chi connectivity index (χ0n) is 14.0. The molecular formula is C19H13ClF3N3O. The number of hydrogen-bond acceptors (Lipinski definition) is 3. The second-order valence-corrected chi connectivity index (χ2v) is 6.21. The van der Waals surface area contributed by atoms with Gasteiger partial charge in [0.15, 0.2) is 5.82 Å². The Labute approximate surface area is 158 Å². The van der Waals surface area contributed by atoms with Gasteiger partial charge < -0.3 is 5.32 Å². The summed E-state index contributed by atoms with van der Waals surface area (Å²) in [7, 11) is 0. The fourth-order valence-corrected chi connectivity index (χ4v) is 2.56. The van der Waals surface area contributed by atoms with E-state index in [9.17, 15) is 18.0 Å². The van der Waals surface area contributed by atoms with Crippen molar-refractivity contribution in [2.75, 3.05) is 5.32 Å². The number of carbonyl (C=O) groups is 1. The first-order valence-electron chi connectivity index (χ1n) is 7.81. The number of carbonyl (C=O) groups excluding carboxylic acids is 1. The maximum Gasteiger partial charge on any atom is 0.417 e. The van der Waals surface area contributed by atoms with Crippen LogP contribution < -0.4 is 5.32 Å².